The normalized spacial score (nSPS) is 11.1. The molecule has 2 rings (SSSR count). The van der Waals surface area contributed by atoms with Gasteiger partial charge in [-0.15, -0.1) is 0 Å². The number of nitrogens with zero attached hydrogens (tertiary/aromatic N) is 1. The molecule has 6 nitrogen and oxygen atoms in total. The van der Waals surface area contributed by atoms with E-state index in [1.54, 1.807) is 30.3 Å². The number of carbonyl (C=O) groups excluding carboxylic acids is 1. The molecule has 140 valence electrons. The summed E-state index contributed by atoms with van der Waals surface area (Å²) in [5, 5.41) is 9.85. The highest BCUT2D eigenvalue weighted by atomic mass is 16.5. The van der Waals surface area contributed by atoms with Crippen LogP contribution >= 0.6 is 0 Å². The van der Waals surface area contributed by atoms with Crippen LogP contribution in [0.3, 0.4) is 0 Å². The van der Waals surface area contributed by atoms with E-state index in [0.29, 0.717) is 28.4 Å². The Kier molecular flexibility index (Phi) is 6.45. The monoisotopic (exact) mass is 367 g/mol. The van der Waals surface area contributed by atoms with E-state index in [9.17, 15) is 10.1 Å². The van der Waals surface area contributed by atoms with E-state index in [4.69, 9.17) is 18.9 Å². The highest BCUT2D eigenvalue weighted by Crippen LogP contribution is 2.36. The van der Waals surface area contributed by atoms with Crippen molar-refractivity contribution in [2.24, 2.45) is 0 Å². The molecule has 27 heavy (non-hydrogen) atoms. The minimum atomic E-state index is -0.546. The summed E-state index contributed by atoms with van der Waals surface area (Å²) in [6, 6.07) is 12.6. The lowest BCUT2D eigenvalue weighted by Crippen LogP contribution is -2.04. The topological polar surface area (TPSA) is 77.8 Å². The van der Waals surface area contributed by atoms with Crippen molar-refractivity contribution in [2.75, 3.05) is 21.3 Å². The molecule has 6 heteroatoms. The van der Waals surface area contributed by atoms with Crippen LogP contribution in [0.2, 0.25) is 0 Å². The quantitative estimate of drug-likeness (QED) is 0.333. The van der Waals surface area contributed by atoms with Crippen LogP contribution in [0.5, 0.6) is 17.2 Å². The molecule has 0 amide bonds. The van der Waals surface area contributed by atoms with Crippen molar-refractivity contribution in [3.05, 3.63) is 53.1 Å². The number of methoxy groups -OCH3 is 3. The van der Waals surface area contributed by atoms with Gasteiger partial charge < -0.3 is 18.9 Å². The van der Waals surface area contributed by atoms with E-state index in [-0.39, 0.29) is 11.3 Å². The second-order valence-electron chi connectivity index (χ2n) is 5.71. The van der Waals surface area contributed by atoms with Crippen LogP contribution < -0.4 is 14.2 Å². The number of benzene rings is 2. The van der Waals surface area contributed by atoms with Crippen molar-refractivity contribution in [1.82, 2.24) is 0 Å². The lowest BCUT2D eigenvalue weighted by Gasteiger charge is -2.15. The number of aryl methyl sites for hydroxylation is 1. The number of carbonyl (C=O) groups is 1. The Morgan fingerprint density at radius 1 is 0.963 bits per heavy atom. The first-order valence-corrected chi connectivity index (χ1v) is 8.14. The number of hydrogen-bond donors (Lipinski definition) is 0. The zero-order valence-corrected chi connectivity index (χ0v) is 16.0. The molecule has 0 aromatic heterocycles. The third kappa shape index (κ3) is 4.59. The van der Waals surface area contributed by atoms with E-state index in [0.717, 1.165) is 5.56 Å². The maximum absolute atomic E-state index is 11.7. The molecular weight excluding hydrogens is 346 g/mol. The standard InChI is InChI=1S/C21H21NO5/c1-13-6-7-18(20(8-13)26-5)21(27-14(2)23)19(12-22)15-9-16(24-3)11-17(10-15)25-4/h6-11H,1-5H3/b21-19-. The molecule has 0 heterocycles. The highest BCUT2D eigenvalue weighted by Gasteiger charge is 2.20. The number of hydrogen-bond acceptors (Lipinski definition) is 6. The van der Waals surface area contributed by atoms with Gasteiger partial charge in [-0.25, -0.2) is 0 Å². The number of nitriles is 1. The molecule has 0 saturated heterocycles. The van der Waals surface area contributed by atoms with Gasteiger partial charge >= 0.3 is 5.97 Å². The average Bonchev–Trinajstić information content (AvgIpc) is 2.67. The van der Waals surface area contributed by atoms with Crippen molar-refractivity contribution in [2.45, 2.75) is 13.8 Å². The van der Waals surface area contributed by atoms with Gasteiger partial charge in [-0.1, -0.05) is 6.07 Å². The molecule has 0 aliphatic rings. The predicted octanol–water partition coefficient (Wildman–Crippen LogP) is 3.98. The lowest BCUT2D eigenvalue weighted by molar-refractivity contribution is -0.134. The minimum Gasteiger partial charge on any atom is -0.497 e. The summed E-state index contributed by atoms with van der Waals surface area (Å²) < 4.78 is 21.4. The van der Waals surface area contributed by atoms with Crippen molar-refractivity contribution in [3.8, 4) is 23.3 Å². The lowest BCUT2D eigenvalue weighted by atomic mass is 10.00. The summed E-state index contributed by atoms with van der Waals surface area (Å²) in [6.45, 7) is 3.20. The second-order valence-corrected chi connectivity index (χ2v) is 5.71. The third-order valence-corrected chi connectivity index (χ3v) is 3.83. The van der Waals surface area contributed by atoms with Crippen molar-refractivity contribution in [3.63, 3.8) is 0 Å². The molecule has 0 fully saturated rings. The van der Waals surface area contributed by atoms with Crippen LogP contribution in [0.25, 0.3) is 11.3 Å². The average molecular weight is 367 g/mol. The van der Waals surface area contributed by atoms with Gasteiger partial charge in [0.1, 0.15) is 28.9 Å². The molecule has 0 aliphatic carbocycles. The van der Waals surface area contributed by atoms with Crippen molar-refractivity contribution >= 4 is 17.3 Å². The van der Waals surface area contributed by atoms with Gasteiger partial charge in [-0.05, 0) is 36.8 Å². The van der Waals surface area contributed by atoms with Gasteiger partial charge in [0, 0.05) is 18.6 Å². The van der Waals surface area contributed by atoms with Gasteiger partial charge in [0.25, 0.3) is 0 Å². The molecule has 0 aliphatic heterocycles. The van der Waals surface area contributed by atoms with Gasteiger partial charge in [0.05, 0.1) is 26.9 Å². The number of allylic oxidation sites excluding steroid dienone is 1. The Bertz CT molecular complexity index is 902. The van der Waals surface area contributed by atoms with E-state index >= 15 is 0 Å². The van der Waals surface area contributed by atoms with Gasteiger partial charge in [-0.3, -0.25) is 4.79 Å². The van der Waals surface area contributed by atoms with Crippen LogP contribution in [0.4, 0.5) is 0 Å². The summed E-state index contributed by atoms with van der Waals surface area (Å²) >= 11 is 0. The Balaban J connectivity index is 2.80. The number of ether oxygens (including phenoxy) is 4. The first-order valence-electron chi connectivity index (χ1n) is 8.14. The Labute approximate surface area is 158 Å². The SMILES string of the molecule is COc1cc(OC)cc(/C(C#N)=C(\OC(C)=O)c2ccc(C)cc2OC)c1. The molecular formula is C21H21NO5. The summed E-state index contributed by atoms with van der Waals surface area (Å²) in [6.07, 6.45) is 0. The summed E-state index contributed by atoms with van der Waals surface area (Å²) in [5.74, 6) is 1.08. The van der Waals surface area contributed by atoms with E-state index in [2.05, 4.69) is 6.07 Å². The van der Waals surface area contributed by atoms with Crippen molar-refractivity contribution < 1.29 is 23.7 Å². The van der Waals surface area contributed by atoms with Crippen LogP contribution in [0.1, 0.15) is 23.6 Å². The fraction of sp³-hybridized carbons (Fsp3) is 0.238. The third-order valence-electron chi connectivity index (χ3n) is 3.83. The molecule has 0 unspecified atom stereocenters. The summed E-state index contributed by atoms with van der Waals surface area (Å²) in [7, 11) is 4.55. The number of esters is 1. The van der Waals surface area contributed by atoms with Gasteiger partial charge in [-0.2, -0.15) is 5.26 Å². The zero-order chi connectivity index (χ0) is 20.0. The van der Waals surface area contributed by atoms with E-state index < -0.39 is 5.97 Å². The summed E-state index contributed by atoms with van der Waals surface area (Å²) in [5.41, 5.74) is 2.12. The van der Waals surface area contributed by atoms with Gasteiger partial charge in [0.2, 0.25) is 0 Å². The fourth-order valence-electron chi connectivity index (χ4n) is 2.57. The molecule has 2 aromatic carbocycles. The minimum absolute atomic E-state index is 0.108. The van der Waals surface area contributed by atoms with E-state index in [1.165, 1.54) is 28.3 Å². The van der Waals surface area contributed by atoms with Gasteiger partial charge in [0.15, 0.2) is 5.76 Å². The number of rotatable bonds is 6. The Morgan fingerprint density at radius 2 is 1.59 bits per heavy atom. The maximum atomic E-state index is 11.7. The largest absolute Gasteiger partial charge is 0.497 e. The molecule has 0 N–H and O–H groups in total. The zero-order valence-electron chi connectivity index (χ0n) is 16.0. The van der Waals surface area contributed by atoms with Crippen molar-refractivity contribution in [1.29, 1.82) is 5.26 Å². The van der Waals surface area contributed by atoms with Crippen LogP contribution in [0.15, 0.2) is 36.4 Å². The molecule has 0 spiro atoms. The first-order chi connectivity index (χ1) is 12.9. The molecule has 0 radical (unpaired) electrons. The highest BCUT2D eigenvalue weighted by molar-refractivity contribution is 5.98. The fourth-order valence-corrected chi connectivity index (χ4v) is 2.57. The maximum Gasteiger partial charge on any atom is 0.308 e. The van der Waals surface area contributed by atoms with Crippen LogP contribution in [0, 0.1) is 18.3 Å². The Hall–Kier alpha value is -3.46. The van der Waals surface area contributed by atoms with E-state index in [1.807, 2.05) is 13.0 Å². The van der Waals surface area contributed by atoms with Crippen LogP contribution in [-0.4, -0.2) is 27.3 Å². The smallest absolute Gasteiger partial charge is 0.308 e. The predicted molar refractivity (Wildman–Crippen MR) is 101 cm³/mol. The molecule has 0 saturated carbocycles. The molecule has 2 aromatic rings. The molecule has 0 bridgehead atoms. The second kappa shape index (κ2) is 8.77. The summed E-state index contributed by atoms with van der Waals surface area (Å²) in [4.78, 5) is 11.7. The Morgan fingerprint density at radius 3 is 2.07 bits per heavy atom. The molecule has 0 atom stereocenters. The first kappa shape index (κ1) is 19.9. The van der Waals surface area contributed by atoms with Crippen LogP contribution in [-0.2, 0) is 9.53 Å².